The van der Waals surface area contributed by atoms with Crippen molar-refractivity contribution in [3.05, 3.63) is 59.4 Å². The van der Waals surface area contributed by atoms with Crippen molar-refractivity contribution in [2.75, 3.05) is 46.4 Å². The van der Waals surface area contributed by atoms with Crippen LogP contribution in [0.1, 0.15) is 24.0 Å². The number of nitrogens with zero attached hydrogens (tertiary/aromatic N) is 3. The Labute approximate surface area is 201 Å². The lowest BCUT2D eigenvalue weighted by atomic mass is 9.96. The van der Waals surface area contributed by atoms with Gasteiger partial charge in [-0.05, 0) is 49.6 Å². The first kappa shape index (κ1) is 24.6. The molecule has 34 heavy (non-hydrogen) atoms. The Hall–Kier alpha value is -2.49. The highest BCUT2D eigenvalue weighted by atomic mass is 32.2. The minimum atomic E-state index is -3.53. The first-order valence-corrected chi connectivity index (χ1v) is 13.1. The SMILES string of the molecule is COc1ccc(CN2CCN(C(=O)C3CCN(S(=O)(=O)c4ccc(C)cc4)CC3)CC2)cc1F. The van der Waals surface area contributed by atoms with Gasteiger partial charge in [-0.3, -0.25) is 9.69 Å². The van der Waals surface area contributed by atoms with Crippen LogP contribution in [0.25, 0.3) is 0 Å². The van der Waals surface area contributed by atoms with Gasteiger partial charge in [0.2, 0.25) is 15.9 Å². The Kier molecular flexibility index (Phi) is 7.54. The molecule has 2 aromatic carbocycles. The first-order valence-electron chi connectivity index (χ1n) is 11.7. The molecule has 4 rings (SSSR count). The van der Waals surface area contributed by atoms with E-state index in [2.05, 4.69) is 4.90 Å². The Morgan fingerprint density at radius 2 is 1.65 bits per heavy atom. The van der Waals surface area contributed by atoms with Crippen molar-refractivity contribution in [2.24, 2.45) is 5.92 Å². The lowest BCUT2D eigenvalue weighted by Gasteiger charge is -2.38. The van der Waals surface area contributed by atoms with Gasteiger partial charge in [0.1, 0.15) is 0 Å². The van der Waals surface area contributed by atoms with Gasteiger partial charge in [-0.25, -0.2) is 12.8 Å². The summed E-state index contributed by atoms with van der Waals surface area (Å²) in [6, 6.07) is 11.9. The molecule has 1 amide bonds. The van der Waals surface area contributed by atoms with Crippen molar-refractivity contribution in [3.8, 4) is 5.75 Å². The summed E-state index contributed by atoms with van der Waals surface area (Å²) in [5.74, 6) is -0.171. The average molecular weight is 490 g/mol. The van der Waals surface area contributed by atoms with Crippen LogP contribution in [-0.4, -0.2) is 74.8 Å². The van der Waals surface area contributed by atoms with Crippen molar-refractivity contribution in [3.63, 3.8) is 0 Å². The smallest absolute Gasteiger partial charge is 0.243 e. The maximum absolute atomic E-state index is 14.0. The van der Waals surface area contributed by atoms with E-state index in [1.165, 1.54) is 17.5 Å². The topological polar surface area (TPSA) is 70.2 Å². The summed E-state index contributed by atoms with van der Waals surface area (Å²) in [6.45, 7) is 5.95. The van der Waals surface area contributed by atoms with Gasteiger partial charge in [-0.1, -0.05) is 23.8 Å². The molecular weight excluding hydrogens is 457 g/mol. The molecule has 0 aliphatic carbocycles. The zero-order chi connectivity index (χ0) is 24.3. The number of hydrogen-bond donors (Lipinski definition) is 0. The fourth-order valence-corrected chi connectivity index (χ4v) is 6.12. The third-order valence-electron chi connectivity index (χ3n) is 6.77. The molecular formula is C25H32FN3O4S. The number of aryl methyl sites for hydroxylation is 1. The van der Waals surface area contributed by atoms with E-state index in [-0.39, 0.29) is 23.4 Å². The molecule has 184 valence electrons. The second kappa shape index (κ2) is 10.4. The number of carbonyl (C=O) groups excluding carboxylic acids is 1. The fourth-order valence-electron chi connectivity index (χ4n) is 4.65. The Morgan fingerprint density at radius 3 is 2.24 bits per heavy atom. The summed E-state index contributed by atoms with van der Waals surface area (Å²) in [5.41, 5.74) is 1.89. The van der Waals surface area contributed by atoms with Crippen LogP contribution in [0.5, 0.6) is 5.75 Å². The van der Waals surface area contributed by atoms with E-state index in [0.29, 0.717) is 50.5 Å². The van der Waals surface area contributed by atoms with E-state index in [4.69, 9.17) is 4.74 Å². The minimum absolute atomic E-state index is 0.113. The van der Waals surface area contributed by atoms with E-state index in [1.54, 1.807) is 30.3 Å². The van der Waals surface area contributed by atoms with Gasteiger partial charge >= 0.3 is 0 Å². The van der Waals surface area contributed by atoms with E-state index in [1.807, 2.05) is 17.9 Å². The number of amides is 1. The average Bonchev–Trinajstić information content (AvgIpc) is 2.84. The first-order chi connectivity index (χ1) is 16.3. The fraction of sp³-hybridized carbons (Fsp3) is 0.480. The van der Waals surface area contributed by atoms with Crippen LogP contribution in [0.4, 0.5) is 4.39 Å². The van der Waals surface area contributed by atoms with Gasteiger partial charge < -0.3 is 9.64 Å². The molecule has 2 saturated heterocycles. The highest BCUT2D eigenvalue weighted by Crippen LogP contribution is 2.26. The number of methoxy groups -OCH3 is 1. The quantitative estimate of drug-likeness (QED) is 0.624. The maximum Gasteiger partial charge on any atom is 0.243 e. The van der Waals surface area contributed by atoms with Gasteiger partial charge in [-0.2, -0.15) is 4.31 Å². The lowest BCUT2D eigenvalue weighted by molar-refractivity contribution is -0.138. The van der Waals surface area contributed by atoms with E-state index in [0.717, 1.165) is 24.2 Å². The molecule has 0 aromatic heterocycles. The summed E-state index contributed by atoms with van der Waals surface area (Å²) in [4.78, 5) is 17.5. The number of ether oxygens (including phenoxy) is 1. The van der Waals surface area contributed by atoms with Crippen LogP contribution in [0.2, 0.25) is 0 Å². The third-order valence-corrected chi connectivity index (χ3v) is 8.68. The molecule has 0 spiro atoms. The van der Waals surface area contributed by atoms with E-state index < -0.39 is 10.0 Å². The molecule has 0 atom stereocenters. The predicted molar refractivity (Wildman–Crippen MR) is 127 cm³/mol. The van der Waals surface area contributed by atoms with Gasteiger partial charge in [0.15, 0.2) is 11.6 Å². The second-order valence-corrected chi connectivity index (χ2v) is 11.0. The van der Waals surface area contributed by atoms with E-state index in [9.17, 15) is 17.6 Å². The monoisotopic (exact) mass is 489 g/mol. The molecule has 2 aliphatic heterocycles. The molecule has 0 N–H and O–H groups in total. The molecule has 0 radical (unpaired) electrons. The number of carbonyl (C=O) groups is 1. The molecule has 2 aromatic rings. The molecule has 2 aliphatic rings. The van der Waals surface area contributed by atoms with Crippen molar-refractivity contribution in [2.45, 2.75) is 31.2 Å². The van der Waals surface area contributed by atoms with Crippen molar-refractivity contribution < 1.29 is 22.3 Å². The predicted octanol–water partition coefficient (Wildman–Crippen LogP) is 2.89. The van der Waals surface area contributed by atoms with Gasteiger partial charge in [0.05, 0.1) is 12.0 Å². The minimum Gasteiger partial charge on any atom is -0.494 e. The number of sulfonamides is 1. The Bertz CT molecular complexity index is 1110. The van der Waals surface area contributed by atoms with Gasteiger partial charge in [-0.15, -0.1) is 0 Å². The van der Waals surface area contributed by atoms with Gasteiger partial charge in [0, 0.05) is 51.7 Å². The summed E-state index contributed by atoms with van der Waals surface area (Å²) < 4.78 is 46.2. The zero-order valence-corrected chi connectivity index (χ0v) is 20.6. The number of benzene rings is 2. The largest absolute Gasteiger partial charge is 0.494 e. The van der Waals surface area contributed by atoms with Crippen LogP contribution in [-0.2, 0) is 21.4 Å². The number of piperazine rings is 1. The Balaban J connectivity index is 1.26. The highest BCUT2D eigenvalue weighted by molar-refractivity contribution is 7.89. The van der Waals surface area contributed by atoms with E-state index >= 15 is 0 Å². The molecule has 0 unspecified atom stereocenters. The highest BCUT2D eigenvalue weighted by Gasteiger charge is 2.34. The maximum atomic E-state index is 14.0. The standard InChI is InChI=1S/C25H32FN3O4S/c1-19-3-6-22(7-4-19)34(31,32)29-11-9-21(10-12-29)25(30)28-15-13-27(14-16-28)18-20-5-8-24(33-2)23(26)17-20/h3-8,17,21H,9-16,18H2,1-2H3. The molecule has 0 saturated carbocycles. The number of rotatable bonds is 6. The Morgan fingerprint density at radius 1 is 1.00 bits per heavy atom. The summed E-state index contributed by atoms with van der Waals surface area (Å²) in [6.07, 6.45) is 1.07. The van der Waals surface area contributed by atoms with Crippen molar-refractivity contribution in [1.82, 2.24) is 14.1 Å². The molecule has 2 fully saturated rings. The van der Waals surface area contributed by atoms with Crippen LogP contribution >= 0.6 is 0 Å². The lowest BCUT2D eigenvalue weighted by Crippen LogP contribution is -2.51. The third kappa shape index (κ3) is 5.42. The zero-order valence-electron chi connectivity index (χ0n) is 19.7. The molecule has 0 bridgehead atoms. The molecule has 7 nitrogen and oxygen atoms in total. The number of piperidine rings is 1. The van der Waals surface area contributed by atoms with Gasteiger partial charge in [0.25, 0.3) is 0 Å². The van der Waals surface area contributed by atoms with Crippen molar-refractivity contribution >= 4 is 15.9 Å². The summed E-state index contributed by atoms with van der Waals surface area (Å²) >= 11 is 0. The normalized spacial score (nSPS) is 18.7. The van der Waals surface area contributed by atoms with Crippen molar-refractivity contribution in [1.29, 1.82) is 0 Å². The summed E-state index contributed by atoms with van der Waals surface area (Å²) in [7, 11) is -2.08. The summed E-state index contributed by atoms with van der Waals surface area (Å²) in [5, 5.41) is 0. The second-order valence-electron chi connectivity index (χ2n) is 9.06. The molecule has 2 heterocycles. The number of hydrogen-bond acceptors (Lipinski definition) is 5. The molecule has 9 heteroatoms. The van der Waals surface area contributed by atoms with Crippen LogP contribution < -0.4 is 4.74 Å². The van der Waals surface area contributed by atoms with Crippen LogP contribution in [0.15, 0.2) is 47.4 Å². The van der Waals surface area contributed by atoms with Crippen LogP contribution in [0, 0.1) is 18.7 Å². The van der Waals surface area contributed by atoms with Crippen LogP contribution in [0.3, 0.4) is 0 Å². The number of halogens is 1.